The van der Waals surface area contributed by atoms with Gasteiger partial charge < -0.3 is 16.0 Å². The molecule has 0 saturated carbocycles. The van der Waals surface area contributed by atoms with E-state index in [9.17, 15) is 4.79 Å². The van der Waals surface area contributed by atoms with Crippen LogP contribution in [0.2, 0.25) is 0 Å². The molecule has 0 aliphatic carbocycles. The lowest BCUT2D eigenvalue weighted by atomic mass is 10.2. The maximum Gasteiger partial charge on any atom is 0.221 e. The van der Waals surface area contributed by atoms with Crippen molar-refractivity contribution in [2.45, 2.75) is 38.8 Å². The normalized spacial score (nSPS) is 18.7. The summed E-state index contributed by atoms with van der Waals surface area (Å²) in [6.45, 7) is 6.96. The molecule has 0 aromatic rings. The van der Waals surface area contributed by atoms with Crippen LogP contribution in [0.25, 0.3) is 0 Å². The van der Waals surface area contributed by atoms with Crippen LogP contribution >= 0.6 is 0 Å². The quantitative estimate of drug-likeness (QED) is 0.558. The van der Waals surface area contributed by atoms with Crippen LogP contribution in [-0.4, -0.2) is 37.6 Å². The Morgan fingerprint density at radius 2 is 2.29 bits per heavy atom. The number of amides is 1. The average molecular weight is 199 g/mol. The summed E-state index contributed by atoms with van der Waals surface area (Å²) in [5.74, 6) is 0.152. The van der Waals surface area contributed by atoms with Crippen LogP contribution in [-0.2, 0) is 4.79 Å². The fourth-order valence-electron chi connectivity index (χ4n) is 1.27. The fraction of sp³-hybridized carbons (Fsp3) is 0.900. The van der Waals surface area contributed by atoms with Crippen LogP contribution in [0.1, 0.15) is 26.7 Å². The van der Waals surface area contributed by atoms with Gasteiger partial charge in [0.2, 0.25) is 5.91 Å². The summed E-state index contributed by atoms with van der Waals surface area (Å²) in [6, 6.07) is 0.874. The van der Waals surface area contributed by atoms with E-state index < -0.39 is 0 Å². The summed E-state index contributed by atoms with van der Waals surface area (Å²) < 4.78 is 0. The van der Waals surface area contributed by atoms with E-state index in [0.29, 0.717) is 18.5 Å². The van der Waals surface area contributed by atoms with Crippen molar-refractivity contribution in [3.05, 3.63) is 0 Å². The van der Waals surface area contributed by atoms with Crippen LogP contribution in [0, 0.1) is 0 Å². The molecule has 1 aliphatic heterocycles. The number of nitrogens with one attached hydrogen (secondary N) is 3. The van der Waals surface area contributed by atoms with Gasteiger partial charge in [-0.2, -0.15) is 0 Å². The van der Waals surface area contributed by atoms with Crippen molar-refractivity contribution in [3.8, 4) is 0 Å². The first-order chi connectivity index (χ1) is 6.72. The van der Waals surface area contributed by atoms with E-state index in [1.54, 1.807) is 0 Å². The molecule has 1 aliphatic rings. The monoisotopic (exact) mass is 199 g/mol. The van der Waals surface area contributed by atoms with Crippen molar-refractivity contribution in [1.82, 2.24) is 16.0 Å². The number of hydrogen-bond donors (Lipinski definition) is 3. The van der Waals surface area contributed by atoms with E-state index in [2.05, 4.69) is 22.9 Å². The summed E-state index contributed by atoms with van der Waals surface area (Å²) in [7, 11) is 0. The van der Waals surface area contributed by atoms with Gasteiger partial charge in [0, 0.05) is 38.1 Å². The van der Waals surface area contributed by atoms with Gasteiger partial charge in [-0.3, -0.25) is 4.79 Å². The highest BCUT2D eigenvalue weighted by Gasteiger charge is 2.15. The second-order valence-electron chi connectivity index (χ2n) is 3.94. The third-order valence-corrected chi connectivity index (χ3v) is 2.59. The highest BCUT2D eigenvalue weighted by atomic mass is 16.1. The van der Waals surface area contributed by atoms with Crippen molar-refractivity contribution in [2.75, 3.05) is 19.6 Å². The molecule has 0 radical (unpaired) electrons. The Hall–Kier alpha value is -0.610. The molecule has 1 rings (SSSR count). The average Bonchev–Trinajstić information content (AvgIpc) is 2.09. The first-order valence-corrected chi connectivity index (χ1v) is 5.45. The van der Waals surface area contributed by atoms with Gasteiger partial charge >= 0.3 is 0 Å². The van der Waals surface area contributed by atoms with E-state index in [4.69, 9.17) is 0 Å². The molecule has 4 heteroatoms. The predicted octanol–water partition coefficient (Wildman–Crippen LogP) is -0.147. The predicted molar refractivity (Wildman–Crippen MR) is 57.2 cm³/mol. The zero-order chi connectivity index (χ0) is 10.4. The lowest BCUT2D eigenvalue weighted by Gasteiger charge is -2.28. The van der Waals surface area contributed by atoms with Gasteiger partial charge in [0.05, 0.1) is 0 Å². The second kappa shape index (κ2) is 5.98. The summed E-state index contributed by atoms with van der Waals surface area (Å²) in [4.78, 5) is 11.3. The maximum atomic E-state index is 11.3. The van der Waals surface area contributed by atoms with E-state index in [1.807, 2.05) is 6.92 Å². The van der Waals surface area contributed by atoms with Gasteiger partial charge in [-0.25, -0.2) is 0 Å². The van der Waals surface area contributed by atoms with Crippen LogP contribution in [0.5, 0.6) is 0 Å². The Bertz CT molecular complexity index is 180. The van der Waals surface area contributed by atoms with Crippen molar-refractivity contribution in [3.63, 3.8) is 0 Å². The van der Waals surface area contributed by atoms with Crippen molar-refractivity contribution in [2.24, 2.45) is 0 Å². The molecule has 1 amide bonds. The van der Waals surface area contributed by atoms with Crippen molar-refractivity contribution in [1.29, 1.82) is 0 Å². The van der Waals surface area contributed by atoms with Crippen LogP contribution in [0.4, 0.5) is 0 Å². The van der Waals surface area contributed by atoms with Gasteiger partial charge in [-0.05, 0) is 13.3 Å². The molecule has 0 spiro atoms. The Morgan fingerprint density at radius 3 is 2.79 bits per heavy atom. The maximum absolute atomic E-state index is 11.3. The lowest BCUT2D eigenvalue weighted by molar-refractivity contribution is -0.121. The Balaban J connectivity index is 1.96. The first kappa shape index (κ1) is 11.5. The van der Waals surface area contributed by atoms with Crippen LogP contribution in [0.3, 0.4) is 0 Å². The SMILES string of the molecule is CCC(C)NC(=O)CCNC1CNC1. The highest BCUT2D eigenvalue weighted by Crippen LogP contribution is 1.92. The summed E-state index contributed by atoms with van der Waals surface area (Å²) in [5, 5.41) is 9.44. The molecule has 1 saturated heterocycles. The molecular formula is C10H21N3O. The second-order valence-corrected chi connectivity index (χ2v) is 3.94. The molecular weight excluding hydrogens is 178 g/mol. The van der Waals surface area contributed by atoms with Gasteiger partial charge in [-0.1, -0.05) is 6.92 Å². The van der Waals surface area contributed by atoms with Gasteiger partial charge in [-0.15, -0.1) is 0 Å². The minimum Gasteiger partial charge on any atom is -0.354 e. The number of hydrogen-bond acceptors (Lipinski definition) is 3. The molecule has 0 aromatic carbocycles. The zero-order valence-electron chi connectivity index (χ0n) is 9.10. The zero-order valence-corrected chi connectivity index (χ0v) is 9.10. The largest absolute Gasteiger partial charge is 0.354 e. The molecule has 1 unspecified atom stereocenters. The minimum atomic E-state index is 0.152. The van der Waals surface area contributed by atoms with E-state index in [1.165, 1.54) is 0 Å². The highest BCUT2D eigenvalue weighted by molar-refractivity contribution is 5.76. The molecule has 1 atom stereocenters. The molecule has 4 nitrogen and oxygen atoms in total. The third-order valence-electron chi connectivity index (χ3n) is 2.59. The van der Waals surface area contributed by atoms with Crippen molar-refractivity contribution >= 4 is 5.91 Å². The summed E-state index contributed by atoms with van der Waals surface area (Å²) in [6.07, 6.45) is 1.58. The minimum absolute atomic E-state index is 0.152. The number of rotatable bonds is 6. The van der Waals surface area contributed by atoms with Crippen LogP contribution < -0.4 is 16.0 Å². The third kappa shape index (κ3) is 4.07. The van der Waals surface area contributed by atoms with Crippen molar-refractivity contribution < 1.29 is 4.79 Å². The van der Waals surface area contributed by atoms with E-state index in [0.717, 1.165) is 26.1 Å². The molecule has 82 valence electrons. The smallest absolute Gasteiger partial charge is 0.221 e. The summed E-state index contributed by atoms with van der Waals surface area (Å²) in [5.41, 5.74) is 0. The van der Waals surface area contributed by atoms with Crippen LogP contribution in [0.15, 0.2) is 0 Å². The number of carbonyl (C=O) groups is 1. The Morgan fingerprint density at radius 1 is 1.57 bits per heavy atom. The summed E-state index contributed by atoms with van der Waals surface area (Å²) >= 11 is 0. The van der Waals surface area contributed by atoms with Gasteiger partial charge in [0.15, 0.2) is 0 Å². The van der Waals surface area contributed by atoms with Gasteiger partial charge in [0.1, 0.15) is 0 Å². The van der Waals surface area contributed by atoms with E-state index in [-0.39, 0.29) is 5.91 Å². The molecule has 0 aromatic heterocycles. The van der Waals surface area contributed by atoms with E-state index >= 15 is 0 Å². The first-order valence-electron chi connectivity index (χ1n) is 5.45. The molecule has 0 bridgehead atoms. The topological polar surface area (TPSA) is 53.2 Å². The number of carbonyl (C=O) groups excluding carboxylic acids is 1. The fourth-order valence-corrected chi connectivity index (χ4v) is 1.27. The Kier molecular flexibility index (Phi) is 4.90. The molecule has 14 heavy (non-hydrogen) atoms. The lowest BCUT2D eigenvalue weighted by Crippen LogP contribution is -2.55. The standard InChI is InChI=1S/C10H21N3O/c1-3-8(2)13-10(14)4-5-12-9-6-11-7-9/h8-9,11-12H,3-7H2,1-2H3,(H,13,14). The van der Waals surface area contributed by atoms with Gasteiger partial charge in [0.25, 0.3) is 0 Å². The molecule has 1 fully saturated rings. The Labute approximate surface area is 85.8 Å². The molecule has 1 heterocycles. The molecule has 3 N–H and O–H groups in total.